The highest BCUT2D eigenvalue weighted by atomic mass is 35.5. The fourth-order valence-electron chi connectivity index (χ4n) is 3.71. The van der Waals surface area contributed by atoms with Crippen molar-refractivity contribution in [2.24, 2.45) is 7.05 Å². The van der Waals surface area contributed by atoms with Crippen LogP contribution in [-0.2, 0) is 7.05 Å². The van der Waals surface area contributed by atoms with E-state index in [1.807, 2.05) is 49.1 Å². The molecular formula is C21H22ClN5O2. The zero-order chi connectivity index (χ0) is 20.9. The number of benzene rings is 1. The summed E-state index contributed by atoms with van der Waals surface area (Å²) in [6.45, 7) is 4.45. The molecule has 7 nitrogen and oxygen atoms in total. The minimum Gasteiger partial charge on any atom is -0.327 e. The summed E-state index contributed by atoms with van der Waals surface area (Å²) in [7, 11) is 3.44. The van der Waals surface area contributed by atoms with Crippen molar-refractivity contribution in [2.75, 3.05) is 23.4 Å². The molecule has 0 saturated carbocycles. The summed E-state index contributed by atoms with van der Waals surface area (Å²) in [5.74, 6) is 0.511. The summed E-state index contributed by atoms with van der Waals surface area (Å²) in [6, 6.07) is 9.13. The Kier molecular flexibility index (Phi) is 4.70. The largest absolute Gasteiger partial charge is 0.337 e. The van der Waals surface area contributed by atoms with Crippen molar-refractivity contribution >= 4 is 34.0 Å². The molecule has 4 rings (SSSR count). The molecule has 1 aliphatic heterocycles. The van der Waals surface area contributed by atoms with Crippen LogP contribution in [-0.4, -0.2) is 33.3 Å². The minimum absolute atomic E-state index is 0.392. The number of pyridine rings is 1. The monoisotopic (exact) mass is 411 g/mol. The number of fused-ring (bicyclic) bond motifs is 2. The van der Waals surface area contributed by atoms with Gasteiger partial charge in [-0.25, -0.2) is 9.36 Å². The Balaban J connectivity index is 2.05. The molecule has 0 aliphatic carbocycles. The van der Waals surface area contributed by atoms with Gasteiger partial charge < -0.3 is 9.80 Å². The van der Waals surface area contributed by atoms with Crippen LogP contribution in [0.5, 0.6) is 0 Å². The molecule has 0 fully saturated rings. The van der Waals surface area contributed by atoms with Crippen molar-refractivity contribution < 1.29 is 0 Å². The number of hydrogen-bond donors (Lipinski definition) is 0. The maximum Gasteiger partial charge on any atom is 0.337 e. The Morgan fingerprint density at radius 3 is 2.62 bits per heavy atom. The first-order valence-corrected chi connectivity index (χ1v) is 9.73. The lowest BCUT2D eigenvalue weighted by atomic mass is 10.2. The lowest BCUT2D eigenvalue weighted by Crippen LogP contribution is -2.40. The van der Waals surface area contributed by atoms with Crippen LogP contribution in [0.25, 0.3) is 16.6 Å². The second-order valence-corrected chi connectivity index (χ2v) is 7.75. The van der Waals surface area contributed by atoms with Crippen molar-refractivity contribution in [1.29, 1.82) is 0 Å². The summed E-state index contributed by atoms with van der Waals surface area (Å²) in [5.41, 5.74) is 1.37. The van der Waals surface area contributed by atoms with E-state index in [4.69, 9.17) is 11.6 Å². The molecule has 0 bridgehead atoms. The molecule has 8 heteroatoms. The number of nitrogens with zero attached hydrogens (tertiary/aromatic N) is 5. The van der Waals surface area contributed by atoms with E-state index in [0.717, 1.165) is 11.0 Å². The third-order valence-corrected chi connectivity index (χ3v) is 5.70. The standard InChI is InChI=1S/C21H22ClN5O2/c1-13(2)10-12-26-17-18(24(3)20(26)22)25(4)21(29)27(19(17)28)16-9-11-23-15-8-6-5-7-14(15)16/h5-11,20H,12H2,1-4H3. The first-order chi connectivity index (χ1) is 13.8. The average molecular weight is 412 g/mol. The number of para-hydroxylation sites is 1. The number of allylic oxidation sites excluding steroid dienone is 1. The normalized spacial score (nSPS) is 15.7. The lowest BCUT2D eigenvalue weighted by molar-refractivity contribution is 0.736. The summed E-state index contributed by atoms with van der Waals surface area (Å²) < 4.78 is 2.69. The molecule has 0 N–H and O–H groups in total. The third-order valence-electron chi connectivity index (χ3n) is 5.17. The van der Waals surface area contributed by atoms with Crippen molar-refractivity contribution in [1.82, 2.24) is 14.1 Å². The summed E-state index contributed by atoms with van der Waals surface area (Å²) in [4.78, 5) is 34.7. The third kappa shape index (κ3) is 2.93. The molecule has 1 aliphatic rings. The number of hydrogen-bond acceptors (Lipinski definition) is 5. The summed E-state index contributed by atoms with van der Waals surface area (Å²) in [5, 5.41) is 0.735. The highest BCUT2D eigenvalue weighted by Crippen LogP contribution is 2.36. The predicted octanol–water partition coefficient (Wildman–Crippen LogP) is 2.83. The van der Waals surface area contributed by atoms with E-state index in [2.05, 4.69) is 4.98 Å². The molecule has 3 aromatic rings. The van der Waals surface area contributed by atoms with Gasteiger partial charge in [0.1, 0.15) is 11.5 Å². The second kappa shape index (κ2) is 7.08. The molecule has 0 spiro atoms. The van der Waals surface area contributed by atoms with Gasteiger partial charge in [-0.05, 0) is 26.0 Å². The quantitative estimate of drug-likeness (QED) is 0.377. The van der Waals surface area contributed by atoms with Gasteiger partial charge in [-0.1, -0.05) is 41.4 Å². The molecule has 1 unspecified atom stereocenters. The number of anilines is 2. The van der Waals surface area contributed by atoms with Gasteiger partial charge in [-0.15, -0.1) is 0 Å². The van der Waals surface area contributed by atoms with Crippen LogP contribution in [0.1, 0.15) is 13.8 Å². The summed E-state index contributed by atoms with van der Waals surface area (Å²) >= 11 is 6.62. The smallest absolute Gasteiger partial charge is 0.327 e. The molecular weight excluding hydrogens is 390 g/mol. The SMILES string of the molecule is CC(C)=CCN1c2c(n(C)c(=O)n(-c3ccnc4ccccc34)c2=O)N(C)C1Cl. The van der Waals surface area contributed by atoms with E-state index in [1.165, 1.54) is 9.13 Å². The fraction of sp³-hybridized carbons (Fsp3) is 0.286. The van der Waals surface area contributed by atoms with Gasteiger partial charge in [0.15, 0.2) is 5.62 Å². The Morgan fingerprint density at radius 1 is 1.17 bits per heavy atom. The van der Waals surface area contributed by atoms with E-state index in [0.29, 0.717) is 29.3 Å². The Bertz CT molecular complexity index is 1250. The molecule has 0 radical (unpaired) electrons. The van der Waals surface area contributed by atoms with Gasteiger partial charge in [0.2, 0.25) is 0 Å². The van der Waals surface area contributed by atoms with Gasteiger partial charge >= 0.3 is 5.69 Å². The molecule has 29 heavy (non-hydrogen) atoms. The number of rotatable bonds is 3. The van der Waals surface area contributed by atoms with E-state index in [9.17, 15) is 9.59 Å². The molecule has 150 valence electrons. The number of halogens is 1. The van der Waals surface area contributed by atoms with E-state index < -0.39 is 16.9 Å². The Hall–Kier alpha value is -3.06. The Labute approximate surface area is 173 Å². The van der Waals surface area contributed by atoms with Gasteiger partial charge in [0, 0.05) is 32.2 Å². The molecule has 1 atom stereocenters. The topological polar surface area (TPSA) is 63.4 Å². The molecule has 1 aromatic carbocycles. The van der Waals surface area contributed by atoms with Crippen molar-refractivity contribution in [3.05, 3.63) is 69.0 Å². The van der Waals surface area contributed by atoms with E-state index >= 15 is 0 Å². The van der Waals surface area contributed by atoms with E-state index in [-0.39, 0.29) is 0 Å². The lowest BCUT2D eigenvalue weighted by Gasteiger charge is -2.23. The van der Waals surface area contributed by atoms with Crippen LogP contribution in [0.2, 0.25) is 0 Å². The van der Waals surface area contributed by atoms with E-state index in [1.54, 1.807) is 31.3 Å². The zero-order valence-corrected chi connectivity index (χ0v) is 17.5. The molecule has 3 heterocycles. The number of aromatic nitrogens is 3. The first kappa shape index (κ1) is 19.3. The predicted molar refractivity (Wildman–Crippen MR) is 117 cm³/mol. The zero-order valence-electron chi connectivity index (χ0n) is 16.8. The van der Waals surface area contributed by atoms with Crippen LogP contribution < -0.4 is 21.0 Å². The second-order valence-electron chi connectivity index (χ2n) is 7.36. The maximum atomic E-state index is 13.6. The van der Waals surface area contributed by atoms with Crippen molar-refractivity contribution in [3.63, 3.8) is 0 Å². The number of alkyl halides is 1. The van der Waals surface area contributed by atoms with Crippen LogP contribution in [0.3, 0.4) is 0 Å². The van der Waals surface area contributed by atoms with Crippen LogP contribution >= 0.6 is 11.6 Å². The molecule has 2 aromatic heterocycles. The highest BCUT2D eigenvalue weighted by Gasteiger charge is 2.38. The average Bonchev–Trinajstić information content (AvgIpc) is 2.96. The highest BCUT2D eigenvalue weighted by molar-refractivity contribution is 6.24. The fourth-order valence-corrected chi connectivity index (χ4v) is 3.98. The van der Waals surface area contributed by atoms with Gasteiger partial charge in [-0.3, -0.25) is 14.3 Å². The van der Waals surface area contributed by atoms with Crippen molar-refractivity contribution in [2.45, 2.75) is 19.5 Å². The molecule has 0 amide bonds. The minimum atomic E-state index is -0.566. The van der Waals surface area contributed by atoms with Crippen LogP contribution in [0, 0.1) is 0 Å². The van der Waals surface area contributed by atoms with Crippen LogP contribution in [0.4, 0.5) is 11.5 Å². The Morgan fingerprint density at radius 2 is 1.90 bits per heavy atom. The van der Waals surface area contributed by atoms with Crippen molar-refractivity contribution in [3.8, 4) is 5.69 Å². The van der Waals surface area contributed by atoms with Gasteiger partial charge in [0.25, 0.3) is 5.56 Å². The first-order valence-electron chi connectivity index (χ1n) is 9.30. The van der Waals surface area contributed by atoms with Gasteiger partial charge in [0.05, 0.1) is 11.2 Å². The van der Waals surface area contributed by atoms with Gasteiger partial charge in [-0.2, -0.15) is 0 Å². The molecule has 0 saturated heterocycles. The maximum absolute atomic E-state index is 13.6. The summed E-state index contributed by atoms with van der Waals surface area (Å²) in [6.07, 6.45) is 3.61. The van der Waals surface area contributed by atoms with Crippen LogP contribution in [0.15, 0.2) is 57.8 Å².